The number of anilines is 1. The Balaban J connectivity index is 1.82. The molecule has 0 unspecified atom stereocenters. The van der Waals surface area contributed by atoms with Gasteiger partial charge in [-0.2, -0.15) is 9.61 Å². The van der Waals surface area contributed by atoms with E-state index in [9.17, 15) is 0 Å². The van der Waals surface area contributed by atoms with Crippen LogP contribution in [0.2, 0.25) is 5.02 Å². The van der Waals surface area contributed by atoms with Crippen LogP contribution in [0.1, 0.15) is 37.4 Å². The summed E-state index contributed by atoms with van der Waals surface area (Å²) >= 11 is 7.75. The first-order valence-corrected chi connectivity index (χ1v) is 8.19. The molecule has 1 fully saturated rings. The number of hydrogen-bond acceptors (Lipinski definition) is 5. The minimum absolute atomic E-state index is 0.478. The second-order valence-corrected chi connectivity index (χ2v) is 6.74. The first-order valence-electron chi connectivity index (χ1n) is 7.00. The van der Waals surface area contributed by atoms with Gasteiger partial charge in [-0.05, 0) is 31.0 Å². The zero-order chi connectivity index (χ0) is 14.4. The van der Waals surface area contributed by atoms with Crippen molar-refractivity contribution in [3.63, 3.8) is 0 Å². The van der Waals surface area contributed by atoms with Crippen LogP contribution in [0.4, 0.5) is 5.69 Å². The van der Waals surface area contributed by atoms with Crippen LogP contribution in [-0.2, 0) is 0 Å². The molecule has 1 saturated carbocycles. The van der Waals surface area contributed by atoms with Crippen molar-refractivity contribution in [2.75, 3.05) is 5.73 Å². The Morgan fingerprint density at radius 3 is 2.86 bits per heavy atom. The van der Waals surface area contributed by atoms with Crippen LogP contribution in [0, 0.1) is 0 Å². The van der Waals surface area contributed by atoms with Crippen LogP contribution in [0.5, 0.6) is 0 Å². The molecule has 1 aromatic carbocycles. The van der Waals surface area contributed by atoms with Crippen LogP contribution in [0.25, 0.3) is 15.5 Å². The van der Waals surface area contributed by atoms with Gasteiger partial charge < -0.3 is 5.73 Å². The number of benzene rings is 1. The van der Waals surface area contributed by atoms with E-state index in [0.717, 1.165) is 21.4 Å². The van der Waals surface area contributed by atoms with E-state index in [1.165, 1.54) is 37.0 Å². The fourth-order valence-corrected chi connectivity index (χ4v) is 4.03. The summed E-state index contributed by atoms with van der Waals surface area (Å²) in [6.07, 6.45) is 4.87. The molecule has 1 aliphatic rings. The molecule has 1 aliphatic carbocycles. The lowest BCUT2D eigenvalue weighted by Crippen LogP contribution is -2.01. The van der Waals surface area contributed by atoms with E-state index in [0.29, 0.717) is 16.6 Å². The summed E-state index contributed by atoms with van der Waals surface area (Å²) in [5.74, 6) is 1.45. The quantitative estimate of drug-likeness (QED) is 0.730. The highest BCUT2D eigenvalue weighted by molar-refractivity contribution is 7.19. The Morgan fingerprint density at radius 1 is 1.24 bits per heavy atom. The van der Waals surface area contributed by atoms with Gasteiger partial charge in [0.25, 0.3) is 0 Å². The van der Waals surface area contributed by atoms with Crippen molar-refractivity contribution >= 4 is 33.6 Å². The number of rotatable bonds is 2. The molecule has 2 aromatic heterocycles. The average molecular weight is 320 g/mol. The molecule has 0 amide bonds. The summed E-state index contributed by atoms with van der Waals surface area (Å²) in [5.41, 5.74) is 7.38. The van der Waals surface area contributed by atoms with Crippen LogP contribution >= 0.6 is 22.9 Å². The summed E-state index contributed by atoms with van der Waals surface area (Å²) in [4.78, 5) is 0.811. The number of halogens is 1. The lowest BCUT2D eigenvalue weighted by molar-refractivity contribution is 0.641. The van der Waals surface area contributed by atoms with Gasteiger partial charge in [0.05, 0.1) is 5.02 Å². The molecule has 4 rings (SSSR count). The van der Waals surface area contributed by atoms with Gasteiger partial charge in [0.1, 0.15) is 5.01 Å². The van der Waals surface area contributed by atoms with Crippen molar-refractivity contribution in [3.8, 4) is 10.6 Å². The van der Waals surface area contributed by atoms with Gasteiger partial charge in [-0.1, -0.05) is 35.8 Å². The zero-order valence-electron chi connectivity index (χ0n) is 11.3. The summed E-state index contributed by atoms with van der Waals surface area (Å²) < 4.78 is 1.87. The summed E-state index contributed by atoms with van der Waals surface area (Å²) in [6, 6.07) is 5.44. The van der Waals surface area contributed by atoms with E-state index in [-0.39, 0.29) is 0 Å². The van der Waals surface area contributed by atoms with E-state index in [4.69, 9.17) is 17.3 Å². The maximum atomic E-state index is 6.26. The molecule has 0 radical (unpaired) electrons. The average Bonchev–Trinajstić information content (AvgIpc) is 3.15. The van der Waals surface area contributed by atoms with E-state index < -0.39 is 0 Å². The molecule has 2 heterocycles. The predicted octanol–water partition coefficient (Wildman–Crippen LogP) is 3.75. The summed E-state index contributed by atoms with van der Waals surface area (Å²) in [7, 11) is 0. The molecule has 2 N–H and O–H groups in total. The normalized spacial score (nSPS) is 16.0. The third-order valence-corrected chi connectivity index (χ3v) is 5.22. The summed E-state index contributed by atoms with van der Waals surface area (Å²) in [5, 5.41) is 14.7. The zero-order valence-corrected chi connectivity index (χ0v) is 12.9. The van der Waals surface area contributed by atoms with Crippen LogP contribution < -0.4 is 5.73 Å². The van der Waals surface area contributed by atoms with E-state index >= 15 is 0 Å². The minimum Gasteiger partial charge on any atom is -0.399 e. The molecule has 0 atom stereocenters. The third-order valence-electron chi connectivity index (χ3n) is 3.96. The third kappa shape index (κ3) is 2.18. The van der Waals surface area contributed by atoms with Gasteiger partial charge in [-0.3, -0.25) is 0 Å². The Labute approximate surface area is 130 Å². The highest BCUT2D eigenvalue weighted by Crippen LogP contribution is 2.36. The molecule has 108 valence electrons. The van der Waals surface area contributed by atoms with E-state index in [2.05, 4.69) is 15.3 Å². The van der Waals surface area contributed by atoms with Crippen molar-refractivity contribution < 1.29 is 0 Å². The number of nitrogens with zero attached hydrogens (tertiary/aromatic N) is 4. The number of nitrogens with two attached hydrogens (primary N) is 1. The maximum Gasteiger partial charge on any atom is 0.234 e. The molecule has 0 bridgehead atoms. The highest BCUT2D eigenvalue weighted by Gasteiger charge is 2.24. The molecule has 7 heteroatoms. The van der Waals surface area contributed by atoms with Crippen LogP contribution in [0.15, 0.2) is 18.2 Å². The SMILES string of the molecule is Nc1ccc(Cl)c(-c2nn3c(C4CCCC4)nnc3s2)c1. The van der Waals surface area contributed by atoms with E-state index in [1.54, 1.807) is 12.1 Å². The molecule has 3 aromatic rings. The van der Waals surface area contributed by atoms with Crippen molar-refractivity contribution in [1.82, 2.24) is 19.8 Å². The van der Waals surface area contributed by atoms with Gasteiger partial charge in [0.2, 0.25) is 4.96 Å². The Hall–Kier alpha value is -1.66. The Bertz CT molecular complexity index is 803. The number of nitrogen functional groups attached to an aromatic ring is 1. The van der Waals surface area contributed by atoms with Crippen molar-refractivity contribution in [2.24, 2.45) is 0 Å². The second-order valence-electron chi connectivity index (χ2n) is 5.38. The molecular weight excluding hydrogens is 306 g/mol. The first-order chi connectivity index (χ1) is 10.2. The van der Waals surface area contributed by atoms with Crippen molar-refractivity contribution in [3.05, 3.63) is 29.0 Å². The highest BCUT2D eigenvalue weighted by atomic mass is 35.5. The van der Waals surface area contributed by atoms with Crippen molar-refractivity contribution in [2.45, 2.75) is 31.6 Å². The molecule has 21 heavy (non-hydrogen) atoms. The molecule has 0 saturated heterocycles. The molecule has 0 aliphatic heterocycles. The van der Waals surface area contributed by atoms with Gasteiger partial charge >= 0.3 is 0 Å². The number of fused-ring (bicyclic) bond motifs is 1. The number of hydrogen-bond donors (Lipinski definition) is 1. The van der Waals surface area contributed by atoms with E-state index in [1.807, 2.05) is 10.6 Å². The number of aromatic nitrogens is 4. The predicted molar refractivity (Wildman–Crippen MR) is 84.7 cm³/mol. The standard InChI is InChI=1S/C14H14ClN5S/c15-11-6-5-9(16)7-10(11)13-19-20-12(8-3-1-2-4-8)17-18-14(20)21-13/h5-8H,1-4,16H2. The van der Waals surface area contributed by atoms with Gasteiger partial charge in [-0.25, -0.2) is 0 Å². The molecule has 5 nitrogen and oxygen atoms in total. The minimum atomic E-state index is 0.478. The van der Waals surface area contributed by atoms with Crippen LogP contribution in [0.3, 0.4) is 0 Å². The smallest absolute Gasteiger partial charge is 0.234 e. The summed E-state index contributed by atoms with van der Waals surface area (Å²) in [6.45, 7) is 0. The maximum absolute atomic E-state index is 6.26. The van der Waals surface area contributed by atoms with Gasteiger partial charge in [0, 0.05) is 17.2 Å². The monoisotopic (exact) mass is 319 g/mol. The van der Waals surface area contributed by atoms with Gasteiger partial charge in [-0.15, -0.1) is 10.2 Å². The lowest BCUT2D eigenvalue weighted by Gasteiger charge is -2.04. The fourth-order valence-electron chi connectivity index (χ4n) is 2.89. The fraction of sp³-hybridized carbons (Fsp3) is 0.357. The van der Waals surface area contributed by atoms with Gasteiger partial charge in [0.15, 0.2) is 5.82 Å². The Kier molecular flexibility index (Phi) is 3.08. The molecule has 0 spiro atoms. The second kappa shape index (κ2) is 4.96. The largest absolute Gasteiger partial charge is 0.399 e. The Morgan fingerprint density at radius 2 is 2.05 bits per heavy atom. The molecular formula is C14H14ClN5S. The van der Waals surface area contributed by atoms with Crippen molar-refractivity contribution in [1.29, 1.82) is 0 Å². The van der Waals surface area contributed by atoms with Crippen LogP contribution in [-0.4, -0.2) is 19.8 Å². The lowest BCUT2D eigenvalue weighted by atomic mass is 10.1. The first kappa shape index (κ1) is 13.0. The topological polar surface area (TPSA) is 69.1 Å².